The third-order valence-electron chi connectivity index (χ3n) is 4.25. The van der Waals surface area contributed by atoms with Gasteiger partial charge in [0.05, 0.1) is 30.7 Å². The van der Waals surface area contributed by atoms with Gasteiger partial charge >= 0.3 is 0 Å². The van der Waals surface area contributed by atoms with Crippen LogP contribution in [0.25, 0.3) is 4.96 Å². The molecule has 0 spiro atoms. The first-order chi connectivity index (χ1) is 12.0. The van der Waals surface area contributed by atoms with Crippen molar-refractivity contribution in [2.24, 2.45) is 0 Å². The zero-order chi connectivity index (χ0) is 17.6. The lowest BCUT2D eigenvalue weighted by molar-refractivity contribution is -0.129. The predicted molar refractivity (Wildman–Crippen MR) is 94.5 cm³/mol. The Hall–Kier alpha value is -2.55. The molecule has 0 radical (unpaired) electrons. The Kier molecular flexibility index (Phi) is 3.87. The van der Waals surface area contributed by atoms with Gasteiger partial charge in [-0.2, -0.15) is 5.10 Å². The van der Waals surface area contributed by atoms with Gasteiger partial charge in [-0.15, -0.1) is 0 Å². The summed E-state index contributed by atoms with van der Waals surface area (Å²) < 4.78 is 1.81. The van der Waals surface area contributed by atoms with E-state index in [0.29, 0.717) is 25.5 Å². The highest BCUT2D eigenvalue weighted by atomic mass is 32.1. The number of imidazole rings is 1. The smallest absolute Gasteiger partial charge is 0.219 e. The molecular formula is C16H19N7OS. The largest absolute Gasteiger partial charge is 0.364 e. The number of aryl methyl sites for hydroxylation is 2. The number of amides is 1. The monoisotopic (exact) mass is 357 g/mol. The maximum atomic E-state index is 11.6. The lowest BCUT2D eigenvalue weighted by Gasteiger charge is -2.28. The third-order valence-corrected chi connectivity index (χ3v) is 5.09. The van der Waals surface area contributed by atoms with Crippen LogP contribution in [0.5, 0.6) is 0 Å². The van der Waals surface area contributed by atoms with Crippen molar-refractivity contribution in [1.82, 2.24) is 29.5 Å². The average molecular weight is 357 g/mol. The van der Waals surface area contributed by atoms with Crippen LogP contribution < -0.4 is 5.32 Å². The molecule has 3 aromatic heterocycles. The summed E-state index contributed by atoms with van der Waals surface area (Å²) in [5.41, 5.74) is 2.95. The van der Waals surface area contributed by atoms with Crippen molar-refractivity contribution in [2.75, 3.05) is 11.9 Å². The Morgan fingerprint density at radius 1 is 1.32 bits per heavy atom. The Balaban J connectivity index is 1.56. The molecule has 0 bridgehead atoms. The van der Waals surface area contributed by atoms with E-state index in [-0.39, 0.29) is 5.91 Å². The zero-order valence-corrected chi connectivity index (χ0v) is 15.2. The molecule has 25 heavy (non-hydrogen) atoms. The standard InChI is InChI=1S/C16H19N7OS/c1-9-18-14-8-22(11(3)24)5-4-13(14)15(19-9)17-6-12-7-23-16(20-12)25-10(2)21-23/h7H,4-6,8H2,1-3H3,(H,17,18,19). The van der Waals surface area contributed by atoms with Crippen LogP contribution in [-0.2, 0) is 24.3 Å². The van der Waals surface area contributed by atoms with E-state index in [2.05, 4.69) is 25.4 Å². The van der Waals surface area contributed by atoms with Crippen molar-refractivity contribution in [3.8, 4) is 0 Å². The normalized spacial score (nSPS) is 14.0. The first-order valence-corrected chi connectivity index (χ1v) is 8.98. The van der Waals surface area contributed by atoms with Crippen LogP contribution >= 0.6 is 11.3 Å². The highest BCUT2D eigenvalue weighted by molar-refractivity contribution is 7.16. The molecule has 0 fully saturated rings. The number of hydrogen-bond acceptors (Lipinski definition) is 7. The van der Waals surface area contributed by atoms with Crippen molar-refractivity contribution in [3.05, 3.63) is 34.0 Å². The van der Waals surface area contributed by atoms with Gasteiger partial charge in [0, 0.05) is 19.0 Å². The highest BCUT2D eigenvalue weighted by Gasteiger charge is 2.23. The van der Waals surface area contributed by atoms with Crippen LogP contribution in [0.3, 0.4) is 0 Å². The summed E-state index contributed by atoms with van der Waals surface area (Å²) in [6, 6.07) is 0. The van der Waals surface area contributed by atoms with E-state index in [1.165, 1.54) is 0 Å². The van der Waals surface area contributed by atoms with Gasteiger partial charge in [-0.1, -0.05) is 11.3 Å². The quantitative estimate of drug-likeness (QED) is 0.768. The summed E-state index contributed by atoms with van der Waals surface area (Å²) in [4.78, 5) is 28.0. The van der Waals surface area contributed by atoms with Crippen molar-refractivity contribution < 1.29 is 4.79 Å². The van der Waals surface area contributed by atoms with Crippen molar-refractivity contribution in [2.45, 2.75) is 40.3 Å². The SMILES string of the molecule is CC(=O)N1CCc2c(nc(C)nc2NCc2cn3nc(C)sc3n2)C1. The number of rotatable bonds is 3. The first kappa shape index (κ1) is 15.9. The topological polar surface area (TPSA) is 88.3 Å². The number of carbonyl (C=O) groups is 1. The molecule has 0 aromatic carbocycles. The van der Waals surface area contributed by atoms with E-state index in [0.717, 1.165) is 39.2 Å². The fraction of sp³-hybridized carbons (Fsp3) is 0.438. The molecule has 4 rings (SSSR count). The zero-order valence-electron chi connectivity index (χ0n) is 14.4. The molecule has 4 heterocycles. The van der Waals surface area contributed by atoms with E-state index < -0.39 is 0 Å². The summed E-state index contributed by atoms with van der Waals surface area (Å²) in [7, 11) is 0. The van der Waals surface area contributed by atoms with Gasteiger partial charge < -0.3 is 10.2 Å². The van der Waals surface area contributed by atoms with Crippen molar-refractivity contribution in [3.63, 3.8) is 0 Å². The fourth-order valence-electron chi connectivity index (χ4n) is 3.07. The van der Waals surface area contributed by atoms with E-state index in [1.54, 1.807) is 18.3 Å². The van der Waals surface area contributed by atoms with E-state index >= 15 is 0 Å². The second-order valence-corrected chi connectivity index (χ2v) is 7.33. The molecule has 0 saturated heterocycles. The molecule has 1 N–H and O–H groups in total. The number of nitrogens with one attached hydrogen (secondary N) is 1. The highest BCUT2D eigenvalue weighted by Crippen LogP contribution is 2.24. The van der Waals surface area contributed by atoms with Crippen LogP contribution in [0.15, 0.2) is 6.20 Å². The van der Waals surface area contributed by atoms with Gasteiger partial charge in [0.25, 0.3) is 0 Å². The van der Waals surface area contributed by atoms with Gasteiger partial charge in [0.1, 0.15) is 16.6 Å². The summed E-state index contributed by atoms with van der Waals surface area (Å²) >= 11 is 1.57. The third kappa shape index (κ3) is 3.07. The lowest BCUT2D eigenvalue weighted by atomic mass is 10.1. The average Bonchev–Trinajstić information content (AvgIpc) is 3.08. The maximum absolute atomic E-state index is 11.6. The minimum absolute atomic E-state index is 0.0808. The summed E-state index contributed by atoms with van der Waals surface area (Å²) in [5, 5.41) is 8.76. The number of anilines is 1. The first-order valence-electron chi connectivity index (χ1n) is 8.17. The molecule has 3 aromatic rings. The molecule has 0 unspecified atom stereocenters. The van der Waals surface area contributed by atoms with Gasteiger partial charge in [0.15, 0.2) is 0 Å². The lowest BCUT2D eigenvalue weighted by Crippen LogP contribution is -2.35. The Labute approximate surface area is 148 Å². The second-order valence-electron chi connectivity index (χ2n) is 6.17. The molecule has 0 aliphatic carbocycles. The summed E-state index contributed by atoms with van der Waals surface area (Å²) in [5.74, 6) is 1.62. The van der Waals surface area contributed by atoms with E-state index in [4.69, 9.17) is 0 Å². The van der Waals surface area contributed by atoms with Gasteiger partial charge in [-0.05, 0) is 20.3 Å². The molecule has 1 amide bonds. The van der Waals surface area contributed by atoms with Crippen LogP contribution in [0.4, 0.5) is 5.82 Å². The number of carbonyl (C=O) groups excluding carboxylic acids is 1. The summed E-state index contributed by atoms with van der Waals surface area (Å²) in [6.07, 6.45) is 2.69. The number of aromatic nitrogens is 5. The minimum atomic E-state index is 0.0808. The molecule has 1 aliphatic heterocycles. The van der Waals surface area contributed by atoms with Crippen molar-refractivity contribution >= 4 is 28.0 Å². The molecule has 1 aliphatic rings. The number of fused-ring (bicyclic) bond motifs is 2. The van der Waals surface area contributed by atoms with Crippen molar-refractivity contribution in [1.29, 1.82) is 0 Å². The van der Waals surface area contributed by atoms with Gasteiger partial charge in [-0.25, -0.2) is 19.5 Å². The van der Waals surface area contributed by atoms with Crippen LogP contribution in [-0.4, -0.2) is 41.9 Å². The van der Waals surface area contributed by atoms with Crippen LogP contribution in [0.1, 0.15) is 34.7 Å². The van der Waals surface area contributed by atoms with E-state index in [1.807, 2.05) is 29.5 Å². The fourth-order valence-corrected chi connectivity index (χ4v) is 3.82. The number of nitrogens with zero attached hydrogens (tertiary/aromatic N) is 6. The molecule has 130 valence electrons. The summed E-state index contributed by atoms with van der Waals surface area (Å²) in [6.45, 7) is 7.26. The van der Waals surface area contributed by atoms with Gasteiger partial charge in [-0.3, -0.25) is 4.79 Å². The minimum Gasteiger partial charge on any atom is -0.364 e. The number of hydrogen-bond donors (Lipinski definition) is 1. The Morgan fingerprint density at radius 3 is 2.92 bits per heavy atom. The second kappa shape index (κ2) is 6.07. The Morgan fingerprint density at radius 2 is 2.16 bits per heavy atom. The maximum Gasteiger partial charge on any atom is 0.219 e. The van der Waals surface area contributed by atoms with Crippen LogP contribution in [0, 0.1) is 13.8 Å². The molecular weight excluding hydrogens is 338 g/mol. The van der Waals surface area contributed by atoms with Gasteiger partial charge in [0.2, 0.25) is 10.9 Å². The van der Waals surface area contributed by atoms with Crippen LogP contribution in [0.2, 0.25) is 0 Å². The molecule has 0 atom stereocenters. The molecule has 0 saturated carbocycles. The Bertz CT molecular complexity index is 929. The molecule has 8 nitrogen and oxygen atoms in total. The predicted octanol–water partition coefficient (Wildman–Crippen LogP) is 1.71. The molecule has 9 heteroatoms. The van der Waals surface area contributed by atoms with E-state index in [9.17, 15) is 4.79 Å².